The second-order valence-corrected chi connectivity index (χ2v) is 6.81. The molecule has 5 nitrogen and oxygen atoms in total. The van der Waals surface area contributed by atoms with Crippen molar-refractivity contribution in [1.82, 2.24) is 14.4 Å². The van der Waals surface area contributed by atoms with Gasteiger partial charge in [-0.05, 0) is 50.6 Å². The number of aryl methyl sites for hydroxylation is 3. The summed E-state index contributed by atoms with van der Waals surface area (Å²) in [6, 6.07) is 13.7. The van der Waals surface area contributed by atoms with Crippen molar-refractivity contribution < 1.29 is 4.79 Å². The van der Waals surface area contributed by atoms with Crippen molar-refractivity contribution in [2.45, 2.75) is 20.8 Å². The van der Waals surface area contributed by atoms with Gasteiger partial charge in [0.05, 0.1) is 5.69 Å². The van der Waals surface area contributed by atoms with Crippen LogP contribution in [0.5, 0.6) is 0 Å². The summed E-state index contributed by atoms with van der Waals surface area (Å²) in [5, 5.41) is 3.04. The molecule has 2 aromatic heterocycles. The van der Waals surface area contributed by atoms with Gasteiger partial charge in [-0.3, -0.25) is 9.20 Å². The summed E-state index contributed by atoms with van der Waals surface area (Å²) in [5.74, 6) is 0.535. The van der Waals surface area contributed by atoms with Gasteiger partial charge in [-0.1, -0.05) is 29.3 Å². The van der Waals surface area contributed by atoms with Gasteiger partial charge in [0.2, 0.25) is 5.78 Å². The maximum Gasteiger partial charge on any atom is 0.255 e. The van der Waals surface area contributed by atoms with Gasteiger partial charge in [0.25, 0.3) is 5.91 Å². The smallest absolute Gasteiger partial charge is 0.255 e. The second-order valence-electron chi connectivity index (χ2n) is 6.81. The van der Waals surface area contributed by atoms with Gasteiger partial charge in [-0.2, -0.15) is 0 Å². The van der Waals surface area contributed by atoms with Crippen molar-refractivity contribution in [1.29, 1.82) is 0 Å². The van der Waals surface area contributed by atoms with E-state index in [1.54, 1.807) is 6.20 Å². The maximum atomic E-state index is 12.7. The summed E-state index contributed by atoms with van der Waals surface area (Å²) in [5.41, 5.74) is 6.33. The topological polar surface area (TPSA) is 59.3 Å². The SMILES string of the molecule is Cc1cc(C)cc(C(=O)Nc2cc(-c3cn4cccnc4n3)ccc2C)c1. The molecule has 1 N–H and O–H groups in total. The Hall–Kier alpha value is -3.47. The summed E-state index contributed by atoms with van der Waals surface area (Å²) in [6.07, 6.45) is 5.56. The van der Waals surface area contributed by atoms with E-state index in [4.69, 9.17) is 0 Å². The fourth-order valence-corrected chi connectivity index (χ4v) is 3.19. The summed E-state index contributed by atoms with van der Waals surface area (Å²) >= 11 is 0. The predicted octanol–water partition coefficient (Wildman–Crippen LogP) is 4.57. The molecule has 2 heterocycles. The van der Waals surface area contributed by atoms with Crippen molar-refractivity contribution in [2.24, 2.45) is 0 Å². The molecule has 27 heavy (non-hydrogen) atoms. The number of aromatic nitrogens is 3. The highest BCUT2D eigenvalue weighted by Gasteiger charge is 2.11. The lowest BCUT2D eigenvalue weighted by molar-refractivity contribution is 0.102. The molecular formula is C22H20N4O. The highest BCUT2D eigenvalue weighted by molar-refractivity contribution is 6.05. The van der Waals surface area contributed by atoms with E-state index in [9.17, 15) is 4.79 Å². The molecule has 0 atom stereocenters. The fraction of sp³-hybridized carbons (Fsp3) is 0.136. The monoisotopic (exact) mass is 356 g/mol. The third kappa shape index (κ3) is 3.44. The minimum Gasteiger partial charge on any atom is -0.322 e. The molecule has 0 spiro atoms. The van der Waals surface area contributed by atoms with E-state index in [0.29, 0.717) is 11.3 Å². The van der Waals surface area contributed by atoms with Crippen LogP contribution in [0.15, 0.2) is 61.1 Å². The van der Waals surface area contributed by atoms with Gasteiger partial charge in [0.1, 0.15) is 0 Å². The first-order valence-corrected chi connectivity index (χ1v) is 8.80. The average Bonchev–Trinajstić information content (AvgIpc) is 3.07. The zero-order valence-corrected chi connectivity index (χ0v) is 15.5. The van der Waals surface area contributed by atoms with Crippen LogP contribution in [-0.4, -0.2) is 20.3 Å². The van der Waals surface area contributed by atoms with Gasteiger partial charge in [0, 0.05) is 35.4 Å². The summed E-state index contributed by atoms with van der Waals surface area (Å²) < 4.78 is 1.88. The number of carbonyl (C=O) groups is 1. The molecule has 0 aliphatic heterocycles. The Morgan fingerprint density at radius 3 is 2.56 bits per heavy atom. The van der Waals surface area contributed by atoms with Crippen LogP contribution in [0.3, 0.4) is 0 Å². The predicted molar refractivity (Wildman–Crippen MR) is 107 cm³/mol. The Morgan fingerprint density at radius 1 is 1.04 bits per heavy atom. The van der Waals surface area contributed by atoms with Crippen molar-refractivity contribution in [3.63, 3.8) is 0 Å². The molecule has 0 saturated carbocycles. The molecule has 1 amide bonds. The number of carbonyl (C=O) groups excluding carboxylic acids is 1. The lowest BCUT2D eigenvalue weighted by Gasteiger charge is -2.11. The molecule has 0 bridgehead atoms. The van der Waals surface area contributed by atoms with E-state index < -0.39 is 0 Å². The van der Waals surface area contributed by atoms with E-state index >= 15 is 0 Å². The average molecular weight is 356 g/mol. The quantitative estimate of drug-likeness (QED) is 0.585. The van der Waals surface area contributed by atoms with Gasteiger partial charge >= 0.3 is 0 Å². The fourth-order valence-electron chi connectivity index (χ4n) is 3.19. The minimum atomic E-state index is -0.112. The highest BCUT2D eigenvalue weighted by Crippen LogP contribution is 2.25. The third-order valence-electron chi connectivity index (χ3n) is 4.50. The Kier molecular flexibility index (Phi) is 4.20. The highest BCUT2D eigenvalue weighted by atomic mass is 16.1. The lowest BCUT2D eigenvalue weighted by Crippen LogP contribution is -2.13. The van der Waals surface area contributed by atoms with Crippen LogP contribution < -0.4 is 5.32 Å². The van der Waals surface area contributed by atoms with Crippen LogP contribution in [0.4, 0.5) is 5.69 Å². The van der Waals surface area contributed by atoms with E-state index in [2.05, 4.69) is 21.4 Å². The van der Waals surface area contributed by atoms with Crippen molar-refractivity contribution in [2.75, 3.05) is 5.32 Å². The van der Waals surface area contributed by atoms with Crippen molar-refractivity contribution in [3.05, 3.63) is 83.3 Å². The first-order chi connectivity index (χ1) is 13.0. The normalized spacial score (nSPS) is 10.9. The Balaban J connectivity index is 1.67. The van der Waals surface area contributed by atoms with Crippen LogP contribution >= 0.6 is 0 Å². The van der Waals surface area contributed by atoms with Crippen LogP contribution in [0.2, 0.25) is 0 Å². The zero-order valence-electron chi connectivity index (χ0n) is 15.5. The Labute approximate surface area is 157 Å². The molecule has 2 aromatic carbocycles. The summed E-state index contributed by atoms with van der Waals surface area (Å²) in [7, 11) is 0. The number of hydrogen-bond donors (Lipinski definition) is 1. The number of imidazole rings is 1. The number of rotatable bonds is 3. The molecule has 5 heteroatoms. The van der Waals surface area contributed by atoms with Crippen LogP contribution in [0.1, 0.15) is 27.0 Å². The van der Waals surface area contributed by atoms with E-state index in [-0.39, 0.29) is 5.91 Å². The van der Waals surface area contributed by atoms with Gasteiger partial charge in [-0.25, -0.2) is 9.97 Å². The second kappa shape index (κ2) is 6.68. The first kappa shape index (κ1) is 17.0. The molecule has 0 saturated heterocycles. The Morgan fingerprint density at radius 2 is 1.81 bits per heavy atom. The maximum absolute atomic E-state index is 12.7. The number of anilines is 1. The van der Waals surface area contributed by atoms with Crippen LogP contribution in [0, 0.1) is 20.8 Å². The number of amides is 1. The largest absolute Gasteiger partial charge is 0.322 e. The van der Waals surface area contributed by atoms with Crippen LogP contribution in [-0.2, 0) is 0 Å². The van der Waals surface area contributed by atoms with Crippen molar-refractivity contribution in [3.8, 4) is 11.3 Å². The van der Waals surface area contributed by atoms with Gasteiger partial charge < -0.3 is 5.32 Å². The molecule has 0 unspecified atom stereocenters. The molecule has 0 aliphatic carbocycles. The standard InChI is InChI=1S/C22H20N4O/c1-14-9-15(2)11-18(10-14)21(27)24-19-12-17(6-5-16(19)3)20-13-26-8-4-7-23-22(26)25-20/h4-13H,1-3H3,(H,24,27). The van der Waals surface area contributed by atoms with E-state index in [0.717, 1.165) is 33.6 Å². The number of fused-ring (bicyclic) bond motifs is 1. The number of nitrogens with one attached hydrogen (secondary N) is 1. The van der Waals surface area contributed by atoms with Crippen LogP contribution in [0.25, 0.3) is 17.0 Å². The Bertz CT molecular complexity index is 1110. The molecule has 4 rings (SSSR count). The number of benzene rings is 2. The summed E-state index contributed by atoms with van der Waals surface area (Å²) in [4.78, 5) is 21.5. The van der Waals surface area contributed by atoms with Gasteiger partial charge in [0.15, 0.2) is 0 Å². The molecule has 134 valence electrons. The molecule has 0 aliphatic rings. The first-order valence-electron chi connectivity index (χ1n) is 8.80. The third-order valence-corrected chi connectivity index (χ3v) is 4.50. The zero-order chi connectivity index (χ0) is 19.0. The van der Waals surface area contributed by atoms with Crippen molar-refractivity contribution >= 4 is 17.4 Å². The number of hydrogen-bond acceptors (Lipinski definition) is 3. The molecule has 0 radical (unpaired) electrons. The molecule has 0 fully saturated rings. The summed E-state index contributed by atoms with van der Waals surface area (Å²) in [6.45, 7) is 5.96. The molecular weight excluding hydrogens is 336 g/mol. The molecule has 4 aromatic rings. The minimum absolute atomic E-state index is 0.112. The van der Waals surface area contributed by atoms with E-state index in [1.165, 1.54) is 0 Å². The van der Waals surface area contributed by atoms with E-state index in [1.807, 2.05) is 74.0 Å². The lowest BCUT2D eigenvalue weighted by atomic mass is 10.1. The number of nitrogens with zero attached hydrogens (tertiary/aromatic N) is 3. The van der Waals surface area contributed by atoms with Gasteiger partial charge in [-0.15, -0.1) is 0 Å².